The fraction of sp³-hybridized carbons (Fsp3) is 0.435. The molecule has 0 aliphatic carbocycles. The molecule has 7 nitrogen and oxygen atoms in total. The first-order valence-corrected chi connectivity index (χ1v) is 10.5. The number of anilines is 1. The van der Waals surface area contributed by atoms with E-state index in [1.165, 1.54) is 0 Å². The van der Waals surface area contributed by atoms with Crippen LogP contribution in [-0.2, 0) is 11.3 Å². The van der Waals surface area contributed by atoms with Gasteiger partial charge in [0.15, 0.2) is 0 Å². The van der Waals surface area contributed by atoms with Crippen molar-refractivity contribution in [1.29, 1.82) is 0 Å². The number of hydrogen-bond acceptors (Lipinski definition) is 3. The highest BCUT2D eigenvalue weighted by Gasteiger charge is 2.36. The maximum atomic E-state index is 12.7. The summed E-state index contributed by atoms with van der Waals surface area (Å²) >= 11 is 0. The Morgan fingerprint density at radius 1 is 1.10 bits per heavy atom. The SMILES string of the molecule is Cc1ccc(C)c(NC(=O)CCNC(=O)N2C[C@@H]3C[C@H](C2)c2cccc(=O)n2C3)c1. The highest BCUT2D eigenvalue weighted by atomic mass is 16.2. The van der Waals surface area contributed by atoms with Crippen LogP contribution in [0.1, 0.15) is 35.6 Å². The summed E-state index contributed by atoms with van der Waals surface area (Å²) in [4.78, 5) is 38.9. The van der Waals surface area contributed by atoms with E-state index in [4.69, 9.17) is 0 Å². The van der Waals surface area contributed by atoms with Gasteiger partial charge in [-0.15, -0.1) is 0 Å². The Kier molecular flexibility index (Phi) is 5.61. The largest absolute Gasteiger partial charge is 0.337 e. The molecule has 2 atom stereocenters. The lowest BCUT2D eigenvalue weighted by atomic mass is 9.83. The van der Waals surface area contributed by atoms with E-state index in [1.807, 2.05) is 47.6 Å². The highest BCUT2D eigenvalue weighted by molar-refractivity contribution is 5.92. The van der Waals surface area contributed by atoms with Crippen LogP contribution in [0.3, 0.4) is 0 Å². The van der Waals surface area contributed by atoms with E-state index in [0.717, 1.165) is 28.9 Å². The van der Waals surface area contributed by atoms with Crippen LogP contribution in [0.4, 0.5) is 10.5 Å². The summed E-state index contributed by atoms with van der Waals surface area (Å²) in [5.74, 6) is 0.354. The van der Waals surface area contributed by atoms with Crippen molar-refractivity contribution in [2.24, 2.45) is 5.92 Å². The van der Waals surface area contributed by atoms with Crippen molar-refractivity contribution in [3.05, 3.63) is 63.6 Å². The highest BCUT2D eigenvalue weighted by Crippen LogP contribution is 2.34. The summed E-state index contributed by atoms with van der Waals surface area (Å²) in [7, 11) is 0. The summed E-state index contributed by atoms with van der Waals surface area (Å²) in [5, 5.41) is 5.79. The molecule has 2 N–H and O–H groups in total. The number of fused-ring (bicyclic) bond motifs is 4. The van der Waals surface area contributed by atoms with Gasteiger partial charge in [0.2, 0.25) is 5.91 Å². The minimum absolute atomic E-state index is 0.0370. The Hall–Kier alpha value is -3.09. The number of benzene rings is 1. The summed E-state index contributed by atoms with van der Waals surface area (Å²) in [6, 6.07) is 11.2. The number of piperidine rings is 1. The minimum atomic E-state index is -0.143. The molecule has 30 heavy (non-hydrogen) atoms. The molecule has 3 amide bonds. The summed E-state index contributed by atoms with van der Waals surface area (Å²) in [5.41, 5.74) is 3.96. The molecule has 2 aromatic rings. The smallest absolute Gasteiger partial charge is 0.317 e. The molecule has 0 saturated carbocycles. The van der Waals surface area contributed by atoms with Crippen LogP contribution >= 0.6 is 0 Å². The average molecular weight is 409 g/mol. The number of amides is 3. The Bertz CT molecular complexity index is 1030. The van der Waals surface area contributed by atoms with Crippen molar-refractivity contribution in [3.8, 4) is 0 Å². The topological polar surface area (TPSA) is 83.4 Å². The Morgan fingerprint density at radius 3 is 2.77 bits per heavy atom. The zero-order valence-electron chi connectivity index (χ0n) is 17.5. The second-order valence-corrected chi connectivity index (χ2v) is 8.45. The Labute approximate surface area is 176 Å². The number of carbonyl (C=O) groups excluding carboxylic acids is 2. The van der Waals surface area contributed by atoms with Crippen molar-refractivity contribution >= 4 is 17.6 Å². The molecule has 1 fully saturated rings. The molecule has 0 unspecified atom stereocenters. The van der Waals surface area contributed by atoms with Crippen molar-refractivity contribution in [3.63, 3.8) is 0 Å². The van der Waals surface area contributed by atoms with E-state index >= 15 is 0 Å². The lowest BCUT2D eigenvalue weighted by molar-refractivity contribution is -0.116. The van der Waals surface area contributed by atoms with Crippen molar-refractivity contribution in [2.45, 2.75) is 39.2 Å². The maximum absolute atomic E-state index is 12.7. The van der Waals surface area contributed by atoms with Crippen molar-refractivity contribution in [2.75, 3.05) is 25.0 Å². The first kappa shape index (κ1) is 20.2. The zero-order valence-corrected chi connectivity index (χ0v) is 17.5. The first-order chi connectivity index (χ1) is 14.4. The molecule has 2 aliphatic heterocycles. The fourth-order valence-corrected chi connectivity index (χ4v) is 4.54. The van der Waals surface area contributed by atoms with Gasteiger partial charge in [-0.2, -0.15) is 0 Å². The average Bonchev–Trinajstić information content (AvgIpc) is 2.71. The van der Waals surface area contributed by atoms with E-state index in [2.05, 4.69) is 10.6 Å². The van der Waals surface area contributed by atoms with Crippen LogP contribution in [0.2, 0.25) is 0 Å². The number of hydrogen-bond donors (Lipinski definition) is 2. The molecule has 1 saturated heterocycles. The van der Waals surface area contributed by atoms with Gasteiger partial charge >= 0.3 is 6.03 Å². The molecular formula is C23H28N4O3. The zero-order chi connectivity index (χ0) is 21.3. The van der Waals surface area contributed by atoms with Crippen molar-refractivity contribution in [1.82, 2.24) is 14.8 Å². The molecular weight excluding hydrogens is 380 g/mol. The summed E-state index contributed by atoms with van der Waals surface area (Å²) in [6.07, 6.45) is 1.23. The second kappa shape index (κ2) is 8.34. The van der Waals surface area contributed by atoms with E-state index in [9.17, 15) is 14.4 Å². The number of carbonyl (C=O) groups is 2. The third kappa shape index (κ3) is 4.25. The number of nitrogens with zero attached hydrogens (tertiary/aromatic N) is 2. The number of pyridine rings is 1. The van der Waals surface area contributed by atoms with Crippen molar-refractivity contribution < 1.29 is 9.59 Å². The molecule has 3 heterocycles. The number of nitrogens with one attached hydrogen (secondary N) is 2. The molecule has 4 rings (SSSR count). The van der Waals surface area contributed by atoms with Crippen LogP contribution in [0.15, 0.2) is 41.2 Å². The van der Waals surface area contributed by atoms with Crippen LogP contribution in [0.5, 0.6) is 0 Å². The molecule has 0 spiro atoms. The third-order valence-corrected chi connectivity index (χ3v) is 6.06. The standard InChI is InChI=1S/C23H28N4O3/c1-15-6-7-16(2)19(10-15)25-21(28)8-9-24-23(30)26-12-17-11-18(14-26)20-4-3-5-22(29)27(20)13-17/h3-7,10,17-18H,8-9,11-14H2,1-2H3,(H,24,30)(H,25,28)/t17-,18+/m0/s1. The van der Waals surface area contributed by atoms with E-state index in [-0.39, 0.29) is 42.3 Å². The van der Waals surface area contributed by atoms with E-state index < -0.39 is 0 Å². The lowest BCUT2D eigenvalue weighted by Gasteiger charge is -2.42. The second-order valence-electron chi connectivity index (χ2n) is 8.45. The quantitative estimate of drug-likeness (QED) is 0.816. The van der Waals surface area contributed by atoms with Gasteiger partial charge in [0.25, 0.3) is 5.56 Å². The van der Waals surface area contributed by atoms with Gasteiger partial charge in [-0.05, 0) is 49.4 Å². The minimum Gasteiger partial charge on any atom is -0.337 e. The van der Waals surface area contributed by atoms with Crippen LogP contribution in [0, 0.1) is 19.8 Å². The molecule has 7 heteroatoms. The van der Waals surface area contributed by atoms with Crippen LogP contribution in [-0.4, -0.2) is 41.0 Å². The van der Waals surface area contributed by atoms with Gasteiger partial charge in [0.05, 0.1) is 0 Å². The van der Waals surface area contributed by atoms with Gasteiger partial charge in [-0.1, -0.05) is 18.2 Å². The predicted molar refractivity (Wildman–Crippen MR) is 116 cm³/mol. The monoisotopic (exact) mass is 408 g/mol. The number of rotatable bonds is 4. The number of likely N-dealkylation sites (tertiary alicyclic amines) is 1. The molecule has 0 radical (unpaired) electrons. The molecule has 158 valence electrons. The van der Waals surface area contributed by atoms with Crippen LogP contribution < -0.4 is 16.2 Å². The number of urea groups is 1. The van der Waals surface area contributed by atoms with Gasteiger partial charge in [-0.25, -0.2) is 4.79 Å². The molecule has 1 aromatic heterocycles. The fourth-order valence-electron chi connectivity index (χ4n) is 4.54. The Balaban J connectivity index is 1.29. The van der Waals surface area contributed by atoms with E-state index in [0.29, 0.717) is 19.6 Å². The van der Waals surface area contributed by atoms with E-state index in [1.54, 1.807) is 12.1 Å². The summed E-state index contributed by atoms with van der Waals surface area (Å²) < 4.78 is 1.85. The molecule has 2 aliphatic rings. The number of aryl methyl sites for hydroxylation is 2. The number of aromatic nitrogens is 1. The van der Waals surface area contributed by atoms with Gasteiger partial charge in [0.1, 0.15) is 0 Å². The maximum Gasteiger partial charge on any atom is 0.317 e. The lowest BCUT2D eigenvalue weighted by Crippen LogP contribution is -2.52. The third-order valence-electron chi connectivity index (χ3n) is 6.06. The van der Waals surface area contributed by atoms with Gasteiger partial charge < -0.3 is 20.1 Å². The normalized spacial score (nSPS) is 19.7. The van der Waals surface area contributed by atoms with Crippen LogP contribution in [0.25, 0.3) is 0 Å². The Morgan fingerprint density at radius 2 is 1.93 bits per heavy atom. The summed E-state index contributed by atoms with van der Waals surface area (Å²) in [6.45, 7) is 6.12. The molecule has 1 aromatic carbocycles. The van der Waals surface area contributed by atoms with Gasteiger partial charge in [0, 0.05) is 56.0 Å². The first-order valence-electron chi connectivity index (χ1n) is 10.5. The van der Waals surface area contributed by atoms with Gasteiger partial charge in [-0.3, -0.25) is 9.59 Å². The molecule has 2 bridgehead atoms. The predicted octanol–water partition coefficient (Wildman–Crippen LogP) is 2.62.